The van der Waals surface area contributed by atoms with Crippen LogP contribution in [0.5, 0.6) is 5.75 Å². The minimum absolute atomic E-state index is 0.0621. The van der Waals surface area contributed by atoms with Gasteiger partial charge in [0, 0.05) is 28.3 Å². The molecule has 1 aliphatic heterocycles. The summed E-state index contributed by atoms with van der Waals surface area (Å²) in [5, 5.41) is 13.2. The number of rotatable bonds is 3. The molecule has 4 rings (SSSR count). The van der Waals surface area contributed by atoms with E-state index in [4.69, 9.17) is 16.3 Å². The fourth-order valence-electron chi connectivity index (χ4n) is 3.84. The summed E-state index contributed by atoms with van der Waals surface area (Å²) >= 11 is 6.13. The van der Waals surface area contributed by atoms with Gasteiger partial charge in [-0.25, -0.2) is 4.79 Å². The van der Waals surface area contributed by atoms with Gasteiger partial charge >= 0.3 is 5.97 Å². The molecule has 0 aromatic heterocycles. The van der Waals surface area contributed by atoms with E-state index < -0.39 is 11.9 Å². The smallest absolute Gasteiger partial charge is 0.336 e. The molecule has 0 spiro atoms. The van der Waals surface area contributed by atoms with Gasteiger partial charge in [-0.1, -0.05) is 41.9 Å². The molecule has 1 aliphatic carbocycles. The minimum Gasteiger partial charge on any atom is -0.506 e. The maximum Gasteiger partial charge on any atom is 0.336 e. The molecule has 0 saturated carbocycles. The second-order valence-corrected chi connectivity index (χ2v) is 7.10. The van der Waals surface area contributed by atoms with Crippen LogP contribution in [0, 0.1) is 0 Å². The first-order valence-corrected chi connectivity index (χ1v) is 9.33. The molecule has 0 amide bonds. The van der Waals surface area contributed by atoms with Crippen molar-refractivity contribution in [1.82, 2.24) is 5.32 Å². The molecule has 0 radical (unpaired) electrons. The maximum atomic E-state index is 13.2. The Balaban J connectivity index is 1.94. The Morgan fingerprint density at radius 1 is 1.21 bits per heavy atom. The third-order valence-electron chi connectivity index (χ3n) is 5.05. The predicted octanol–water partition coefficient (Wildman–Crippen LogP) is 4.18. The van der Waals surface area contributed by atoms with Crippen LogP contribution in [-0.2, 0) is 9.53 Å². The van der Waals surface area contributed by atoms with Crippen LogP contribution in [0.4, 0.5) is 0 Å². The number of ether oxygens (including phenoxy) is 1. The number of Topliss-reactive ketones (excluding diaryl/α,β-unsaturated/α-hetero) is 1. The molecule has 28 heavy (non-hydrogen) atoms. The molecule has 0 fully saturated rings. The molecule has 142 valence electrons. The van der Waals surface area contributed by atoms with E-state index in [9.17, 15) is 14.7 Å². The number of halogens is 1. The summed E-state index contributed by atoms with van der Waals surface area (Å²) in [6.45, 7) is 3.74. The first kappa shape index (κ1) is 18.3. The van der Waals surface area contributed by atoms with Crippen molar-refractivity contribution in [3.8, 4) is 5.75 Å². The minimum atomic E-state index is -0.645. The van der Waals surface area contributed by atoms with Crippen molar-refractivity contribution < 1.29 is 19.4 Å². The van der Waals surface area contributed by atoms with Crippen LogP contribution in [-0.4, -0.2) is 23.5 Å². The SMILES string of the molecule is CCOC(=O)C1=C(C)NC2=C(C(=O)c3ccccc32)[C@@H]1c1ccc(O)c(Cl)c1. The van der Waals surface area contributed by atoms with E-state index in [-0.39, 0.29) is 23.2 Å². The number of phenolic OH excluding ortho intramolecular Hbond substituents is 1. The molecule has 2 aromatic rings. The topological polar surface area (TPSA) is 75.6 Å². The molecule has 2 aliphatic rings. The quantitative estimate of drug-likeness (QED) is 0.762. The zero-order chi connectivity index (χ0) is 20.0. The average Bonchev–Trinajstić information content (AvgIpc) is 2.95. The van der Waals surface area contributed by atoms with E-state index in [1.807, 2.05) is 18.2 Å². The second-order valence-electron chi connectivity index (χ2n) is 6.69. The molecule has 1 heterocycles. The molecule has 0 saturated heterocycles. The number of dihydropyridines is 1. The van der Waals surface area contributed by atoms with Crippen molar-refractivity contribution in [2.24, 2.45) is 0 Å². The van der Waals surface area contributed by atoms with Gasteiger partial charge in [-0.2, -0.15) is 0 Å². The lowest BCUT2D eigenvalue weighted by atomic mass is 9.80. The normalized spacial score (nSPS) is 18.0. The zero-order valence-corrected chi connectivity index (χ0v) is 16.1. The summed E-state index contributed by atoms with van der Waals surface area (Å²) in [7, 11) is 0. The number of fused-ring (bicyclic) bond motifs is 2. The molecule has 2 aromatic carbocycles. The Labute approximate surface area is 167 Å². The lowest BCUT2D eigenvalue weighted by Gasteiger charge is -2.29. The van der Waals surface area contributed by atoms with E-state index in [0.717, 1.165) is 5.56 Å². The number of ketones is 1. The van der Waals surface area contributed by atoms with Crippen molar-refractivity contribution in [3.63, 3.8) is 0 Å². The molecular weight excluding hydrogens is 378 g/mol. The van der Waals surface area contributed by atoms with Gasteiger partial charge in [0.15, 0.2) is 5.78 Å². The van der Waals surface area contributed by atoms with Crippen molar-refractivity contribution in [3.05, 3.63) is 81.0 Å². The van der Waals surface area contributed by atoms with Gasteiger partial charge in [-0.05, 0) is 31.5 Å². The largest absolute Gasteiger partial charge is 0.506 e. The number of esters is 1. The highest BCUT2D eigenvalue weighted by molar-refractivity contribution is 6.32. The van der Waals surface area contributed by atoms with Crippen LogP contribution in [0.15, 0.2) is 59.3 Å². The Kier molecular flexibility index (Phi) is 4.47. The molecule has 1 atom stereocenters. The maximum absolute atomic E-state index is 13.2. The standard InChI is InChI=1S/C22H18ClNO4/c1-3-28-22(27)17-11(2)24-20-13-6-4-5-7-14(13)21(26)19(20)18(17)12-8-9-16(25)15(23)10-12/h4-10,18,24-25H,3H2,1-2H3/t18-/m1/s1. The van der Waals surface area contributed by atoms with E-state index in [0.29, 0.717) is 33.7 Å². The third kappa shape index (κ3) is 2.70. The molecule has 2 N–H and O–H groups in total. The fourth-order valence-corrected chi connectivity index (χ4v) is 4.03. The lowest BCUT2D eigenvalue weighted by Crippen LogP contribution is -2.29. The second kappa shape index (κ2) is 6.84. The number of nitrogens with one attached hydrogen (secondary N) is 1. The summed E-state index contributed by atoms with van der Waals surface area (Å²) in [5.41, 5.74) is 4.20. The average molecular weight is 396 g/mol. The first-order chi connectivity index (χ1) is 13.4. The number of hydrogen-bond acceptors (Lipinski definition) is 5. The number of allylic oxidation sites excluding steroid dienone is 2. The summed E-state index contributed by atoms with van der Waals surface area (Å²) < 4.78 is 5.27. The van der Waals surface area contributed by atoms with Crippen LogP contribution in [0.2, 0.25) is 5.02 Å². The van der Waals surface area contributed by atoms with Crippen LogP contribution in [0.1, 0.15) is 41.3 Å². The number of aromatic hydroxyl groups is 1. The number of carbonyl (C=O) groups excluding carboxylic acids is 2. The van der Waals surface area contributed by atoms with Crippen LogP contribution in [0.25, 0.3) is 5.70 Å². The molecule has 5 nitrogen and oxygen atoms in total. The lowest BCUT2D eigenvalue weighted by molar-refractivity contribution is -0.138. The van der Waals surface area contributed by atoms with Gasteiger partial charge in [0.1, 0.15) is 5.75 Å². The van der Waals surface area contributed by atoms with E-state index in [1.165, 1.54) is 6.07 Å². The van der Waals surface area contributed by atoms with Gasteiger partial charge in [0.2, 0.25) is 0 Å². The first-order valence-electron chi connectivity index (χ1n) is 8.95. The van der Waals surface area contributed by atoms with Crippen molar-refractivity contribution in [2.75, 3.05) is 6.61 Å². The number of phenols is 1. The van der Waals surface area contributed by atoms with Crippen LogP contribution in [0.3, 0.4) is 0 Å². The van der Waals surface area contributed by atoms with E-state index in [1.54, 1.807) is 32.0 Å². The highest BCUT2D eigenvalue weighted by Crippen LogP contribution is 2.47. The molecular formula is C22H18ClNO4. The van der Waals surface area contributed by atoms with Crippen LogP contribution >= 0.6 is 11.6 Å². The summed E-state index contributed by atoms with van der Waals surface area (Å²) in [4.78, 5) is 26.0. The molecule has 6 heteroatoms. The number of hydrogen-bond donors (Lipinski definition) is 2. The van der Waals surface area contributed by atoms with Gasteiger partial charge in [0.05, 0.1) is 22.9 Å². The van der Waals surface area contributed by atoms with Gasteiger partial charge in [-0.15, -0.1) is 0 Å². The Morgan fingerprint density at radius 3 is 2.61 bits per heavy atom. The van der Waals surface area contributed by atoms with E-state index in [2.05, 4.69) is 5.32 Å². The summed E-state index contributed by atoms with van der Waals surface area (Å²) in [5.74, 6) is -1.33. The summed E-state index contributed by atoms with van der Waals surface area (Å²) in [6.07, 6.45) is 0. The predicted molar refractivity (Wildman–Crippen MR) is 106 cm³/mol. The highest BCUT2D eigenvalue weighted by atomic mass is 35.5. The highest BCUT2D eigenvalue weighted by Gasteiger charge is 2.42. The fraction of sp³-hybridized carbons (Fsp3) is 0.182. The number of benzene rings is 2. The Bertz CT molecular complexity index is 1080. The van der Waals surface area contributed by atoms with Crippen LogP contribution < -0.4 is 5.32 Å². The van der Waals surface area contributed by atoms with Gasteiger partial charge in [0.25, 0.3) is 0 Å². The van der Waals surface area contributed by atoms with E-state index >= 15 is 0 Å². The number of carbonyl (C=O) groups is 2. The molecule has 0 unspecified atom stereocenters. The van der Waals surface area contributed by atoms with Gasteiger partial charge in [-0.3, -0.25) is 4.79 Å². The Morgan fingerprint density at radius 2 is 1.93 bits per heavy atom. The molecule has 0 bridgehead atoms. The Hall–Kier alpha value is -3.05. The monoisotopic (exact) mass is 395 g/mol. The van der Waals surface area contributed by atoms with Crippen molar-refractivity contribution >= 4 is 29.1 Å². The van der Waals surface area contributed by atoms with Crippen molar-refractivity contribution in [2.45, 2.75) is 19.8 Å². The third-order valence-corrected chi connectivity index (χ3v) is 5.35. The summed E-state index contributed by atoms with van der Waals surface area (Å²) in [6, 6.07) is 12.1. The van der Waals surface area contributed by atoms with Gasteiger partial charge < -0.3 is 15.2 Å². The zero-order valence-electron chi connectivity index (χ0n) is 15.4. The van der Waals surface area contributed by atoms with Crippen molar-refractivity contribution in [1.29, 1.82) is 0 Å².